The van der Waals surface area contributed by atoms with Gasteiger partial charge in [0.25, 0.3) is 11.8 Å². The van der Waals surface area contributed by atoms with Crippen molar-refractivity contribution in [2.45, 2.75) is 44.7 Å². The Kier molecular flexibility index (Phi) is 18.4. The Morgan fingerprint density at radius 1 is 0.842 bits per heavy atom. The van der Waals surface area contributed by atoms with Gasteiger partial charge in [0.05, 0.1) is 75.8 Å². The van der Waals surface area contributed by atoms with Crippen molar-refractivity contribution < 1.29 is 51.6 Å². The first kappa shape index (κ1) is 44.4. The summed E-state index contributed by atoms with van der Waals surface area (Å²) < 4.78 is 63.0. The molecule has 1 aliphatic heterocycles. The maximum absolute atomic E-state index is 13.8. The number of nitrogens with two attached hydrogens (primary N) is 1. The fourth-order valence-electron chi connectivity index (χ4n) is 5.61. The van der Waals surface area contributed by atoms with Gasteiger partial charge in [-0.15, -0.1) is 0 Å². The Labute approximate surface area is 329 Å². The molecule has 5 N–H and O–H groups in total. The van der Waals surface area contributed by atoms with Gasteiger partial charge in [-0.25, -0.2) is 9.98 Å². The van der Waals surface area contributed by atoms with Gasteiger partial charge in [0.1, 0.15) is 5.70 Å². The largest absolute Gasteiger partial charge is 0.481 e. The van der Waals surface area contributed by atoms with E-state index in [0.29, 0.717) is 70.3 Å². The number of aryl methyl sites for hydroxylation is 1. The average molecular weight is 799 g/mol. The van der Waals surface area contributed by atoms with E-state index in [1.807, 2.05) is 6.07 Å². The number of carboxylic acids is 1. The van der Waals surface area contributed by atoms with Crippen LogP contribution in [0, 0.1) is 0 Å². The van der Waals surface area contributed by atoms with Gasteiger partial charge in [-0.1, -0.05) is 18.2 Å². The Morgan fingerprint density at radius 3 is 2.18 bits per heavy atom. The van der Waals surface area contributed by atoms with Crippen LogP contribution in [0.2, 0.25) is 0 Å². The molecule has 0 unspecified atom stereocenters. The number of nitrogens with zero attached hydrogens (tertiary/aromatic N) is 3. The zero-order valence-electron chi connectivity index (χ0n) is 31.6. The van der Waals surface area contributed by atoms with E-state index in [0.717, 1.165) is 44.1 Å². The zero-order valence-corrected chi connectivity index (χ0v) is 31.6. The monoisotopic (exact) mass is 798 g/mol. The van der Waals surface area contributed by atoms with Gasteiger partial charge >= 0.3 is 12.1 Å². The quantitative estimate of drug-likeness (QED) is 0.0685. The van der Waals surface area contributed by atoms with Crippen molar-refractivity contribution in [2.24, 2.45) is 10.7 Å². The van der Waals surface area contributed by atoms with Gasteiger partial charge in [-0.3, -0.25) is 14.4 Å². The van der Waals surface area contributed by atoms with Gasteiger partial charge in [0.15, 0.2) is 5.82 Å². The van der Waals surface area contributed by atoms with Crippen LogP contribution in [-0.4, -0.2) is 106 Å². The first-order valence-corrected chi connectivity index (χ1v) is 18.7. The first-order chi connectivity index (χ1) is 27.5. The highest BCUT2D eigenvalue weighted by Crippen LogP contribution is 2.28. The van der Waals surface area contributed by atoms with Crippen LogP contribution in [0.5, 0.6) is 0 Å². The molecule has 1 fully saturated rings. The number of amides is 2. The molecule has 0 saturated carbocycles. The molecule has 17 heteroatoms. The molecule has 14 nitrogen and oxygen atoms in total. The molecule has 0 aliphatic carbocycles. The summed E-state index contributed by atoms with van der Waals surface area (Å²) >= 11 is 0. The van der Waals surface area contributed by atoms with Crippen LogP contribution in [0.1, 0.15) is 58.4 Å². The molecule has 1 saturated heterocycles. The minimum Gasteiger partial charge on any atom is -0.481 e. The average Bonchev–Trinajstić information content (AvgIpc) is 3.21. The van der Waals surface area contributed by atoms with E-state index in [4.69, 9.17) is 29.8 Å². The van der Waals surface area contributed by atoms with Gasteiger partial charge in [-0.05, 0) is 80.1 Å². The highest BCUT2D eigenvalue weighted by molar-refractivity contribution is 6.10. The number of rotatable bonds is 23. The number of halogens is 3. The summed E-state index contributed by atoms with van der Waals surface area (Å²) in [6.45, 7) is 4.30. The molecule has 308 valence electrons. The minimum absolute atomic E-state index is 0.0452. The normalized spacial score (nSPS) is 13.7. The third-order valence-electron chi connectivity index (χ3n) is 8.56. The number of alkyl halides is 3. The van der Waals surface area contributed by atoms with Gasteiger partial charge < -0.3 is 45.3 Å². The molecule has 0 bridgehead atoms. The fraction of sp³-hybridized carbons (Fsp3) is 0.425. The Hall–Kier alpha value is -5.36. The number of anilines is 2. The number of benzene rings is 2. The van der Waals surface area contributed by atoms with Gasteiger partial charge in [0, 0.05) is 37.1 Å². The van der Waals surface area contributed by atoms with Crippen LogP contribution in [0.25, 0.3) is 0 Å². The molecule has 0 atom stereocenters. The molecular formula is C40H49F3N6O8. The van der Waals surface area contributed by atoms with E-state index in [1.165, 1.54) is 12.3 Å². The highest BCUT2D eigenvalue weighted by atomic mass is 19.4. The summed E-state index contributed by atoms with van der Waals surface area (Å²) in [7, 11) is 0. The number of aliphatic imine (C=N–C) groups is 1. The van der Waals surface area contributed by atoms with E-state index in [2.05, 4.69) is 25.5 Å². The third-order valence-corrected chi connectivity index (χ3v) is 8.56. The van der Waals surface area contributed by atoms with E-state index in [-0.39, 0.29) is 30.1 Å². The Bertz CT molecular complexity index is 1800. The second-order valence-electron chi connectivity index (χ2n) is 12.9. The lowest BCUT2D eigenvalue weighted by atomic mass is 10.0. The number of carboxylic acid groups (broad SMARTS) is 1. The van der Waals surface area contributed by atoms with Crippen LogP contribution >= 0.6 is 0 Å². The van der Waals surface area contributed by atoms with Crippen molar-refractivity contribution in [3.05, 3.63) is 94.9 Å². The number of hydrogen-bond donors (Lipinski definition) is 4. The lowest BCUT2D eigenvalue weighted by molar-refractivity contribution is -0.138. The lowest BCUT2D eigenvalue weighted by Crippen LogP contribution is -2.33. The van der Waals surface area contributed by atoms with E-state index in [1.54, 1.807) is 48.5 Å². The predicted octanol–water partition coefficient (Wildman–Crippen LogP) is 5.66. The minimum atomic E-state index is -4.97. The molecule has 57 heavy (non-hydrogen) atoms. The number of nitrogens with one attached hydrogen (secondary N) is 2. The zero-order chi connectivity index (χ0) is 40.9. The molecule has 0 radical (unpaired) electrons. The number of ether oxygens (including phenoxy) is 4. The number of hydrogen-bond acceptors (Lipinski definition) is 11. The molecule has 0 spiro atoms. The number of aromatic nitrogens is 1. The molecule has 1 aromatic heterocycles. The summed E-state index contributed by atoms with van der Waals surface area (Å²) in [5.74, 6) is -2.24. The van der Waals surface area contributed by atoms with Crippen molar-refractivity contribution in [1.29, 1.82) is 0 Å². The molecule has 3 aromatic rings. The maximum Gasteiger partial charge on any atom is 0.432 e. The Balaban J connectivity index is 1.33. The van der Waals surface area contributed by atoms with Crippen molar-refractivity contribution in [3.8, 4) is 0 Å². The van der Waals surface area contributed by atoms with E-state index in [9.17, 15) is 27.6 Å². The maximum atomic E-state index is 13.8. The molecule has 2 aromatic carbocycles. The molecule has 4 rings (SSSR count). The molecule has 2 heterocycles. The van der Waals surface area contributed by atoms with Crippen LogP contribution in [-0.2, 0) is 30.2 Å². The number of aliphatic carboxylic acids is 1. The van der Waals surface area contributed by atoms with Crippen molar-refractivity contribution in [2.75, 3.05) is 76.2 Å². The number of piperidine rings is 1. The molecular weight excluding hydrogens is 749 g/mol. The predicted molar refractivity (Wildman–Crippen MR) is 208 cm³/mol. The van der Waals surface area contributed by atoms with Crippen molar-refractivity contribution in [3.63, 3.8) is 0 Å². The highest BCUT2D eigenvalue weighted by Gasteiger charge is 2.35. The standard InChI is InChI=1S/C40H49F3N6O8/c41-40(42,43)37(44)34(28-46-35-11-2-3-15-45-35)48-39(53)32-27-31(49-16-4-1-5-17-49)12-13-33(32)47-38(52)30-10-6-8-29(26-30)9-7-18-54-20-22-56-24-25-57-23-21-55-19-14-36(50)51/h2-3,6,8,10-13,15,26-28H,1,4-5,7,9,14,16-25,44H2,(H,47,52)(H,48,53)(H,50,51). The Morgan fingerprint density at radius 2 is 1.53 bits per heavy atom. The summed E-state index contributed by atoms with van der Waals surface area (Å²) in [6.07, 6.45) is 1.46. The number of allylic oxidation sites excluding steroid dienone is 2. The SMILES string of the molecule is NC(=C(C=Nc1ccccn1)NC(=O)c1cc(N2CCCCC2)ccc1NC(=O)c1cccc(CCCOCCOCCOCCOCCC(=O)O)c1)C(F)(F)F. The van der Waals surface area contributed by atoms with Crippen molar-refractivity contribution in [1.82, 2.24) is 10.3 Å². The summed E-state index contributed by atoms with van der Waals surface area (Å²) in [4.78, 5) is 47.8. The van der Waals surface area contributed by atoms with E-state index < -0.39 is 35.4 Å². The number of pyridine rings is 1. The molecule has 2 amide bonds. The van der Waals surface area contributed by atoms with Crippen molar-refractivity contribution >= 4 is 41.2 Å². The lowest BCUT2D eigenvalue weighted by Gasteiger charge is -2.29. The first-order valence-electron chi connectivity index (χ1n) is 18.7. The van der Waals surface area contributed by atoms with Gasteiger partial charge in [0.2, 0.25) is 0 Å². The topological polar surface area (TPSA) is 187 Å². The van der Waals surface area contributed by atoms with Crippen LogP contribution in [0.4, 0.5) is 30.4 Å². The third kappa shape index (κ3) is 16.0. The second-order valence-corrected chi connectivity index (χ2v) is 12.9. The van der Waals surface area contributed by atoms with E-state index >= 15 is 0 Å². The molecule has 1 aliphatic rings. The number of carbonyl (C=O) groups is 3. The summed E-state index contributed by atoms with van der Waals surface area (Å²) in [6, 6.07) is 16.6. The summed E-state index contributed by atoms with van der Waals surface area (Å²) in [5, 5.41) is 13.6. The van der Waals surface area contributed by atoms with Crippen LogP contribution < -0.4 is 21.3 Å². The second kappa shape index (κ2) is 23.6. The fourth-order valence-corrected chi connectivity index (χ4v) is 5.61. The van der Waals surface area contributed by atoms with Crippen LogP contribution in [0.3, 0.4) is 0 Å². The van der Waals surface area contributed by atoms with Crippen LogP contribution in [0.15, 0.2) is 83.2 Å². The van der Waals surface area contributed by atoms with Gasteiger partial charge in [-0.2, -0.15) is 13.2 Å². The number of carbonyl (C=O) groups excluding carboxylic acids is 2. The smallest absolute Gasteiger partial charge is 0.432 e. The summed E-state index contributed by atoms with van der Waals surface area (Å²) in [5.41, 5.74) is 5.07.